The van der Waals surface area contributed by atoms with Crippen LogP contribution in [0.1, 0.15) is 45.4 Å². The molecule has 2 aliphatic rings. The maximum absolute atomic E-state index is 3.27. The van der Waals surface area contributed by atoms with Gasteiger partial charge < -0.3 is 10.2 Å². The van der Waals surface area contributed by atoms with Crippen LogP contribution in [0.15, 0.2) is 0 Å². The van der Waals surface area contributed by atoms with Gasteiger partial charge in [0.25, 0.3) is 0 Å². The predicted octanol–water partition coefficient (Wildman–Crippen LogP) is 2.50. The zero-order valence-corrected chi connectivity index (χ0v) is 11.0. The van der Waals surface area contributed by atoms with Gasteiger partial charge in [-0.3, -0.25) is 0 Å². The van der Waals surface area contributed by atoms with Crippen LogP contribution in [0.4, 0.5) is 0 Å². The van der Waals surface area contributed by atoms with Crippen molar-refractivity contribution < 1.29 is 0 Å². The molecule has 1 saturated heterocycles. The Labute approximate surface area is 101 Å². The molecule has 94 valence electrons. The summed E-state index contributed by atoms with van der Waals surface area (Å²) >= 11 is 0. The first-order valence-corrected chi connectivity index (χ1v) is 7.18. The second-order valence-corrected chi connectivity index (χ2v) is 5.94. The molecule has 2 rings (SSSR count). The van der Waals surface area contributed by atoms with E-state index in [1.165, 1.54) is 58.2 Å². The minimum atomic E-state index is 0.931. The van der Waals surface area contributed by atoms with E-state index in [1.54, 1.807) is 0 Å². The molecule has 1 saturated carbocycles. The van der Waals surface area contributed by atoms with Gasteiger partial charge in [-0.05, 0) is 77.0 Å². The summed E-state index contributed by atoms with van der Waals surface area (Å²) in [4.78, 5) is 2.78. The normalized spacial score (nSPS) is 33.4. The Morgan fingerprint density at radius 1 is 1.12 bits per heavy atom. The average Bonchev–Trinajstić information content (AvgIpc) is 2.74. The number of piperidine rings is 1. The molecule has 0 aromatic rings. The molecule has 2 nitrogen and oxygen atoms in total. The highest BCUT2D eigenvalue weighted by atomic mass is 15.2. The standard InChI is InChI=1S/C14H28N2/c1-12-3-4-14(11-12)16-9-6-13(7-10-16)5-8-15-2/h12-15H,3-11H2,1-2H3. The summed E-state index contributed by atoms with van der Waals surface area (Å²) in [6.07, 6.45) is 8.64. The molecule has 1 aliphatic carbocycles. The zero-order valence-electron chi connectivity index (χ0n) is 11.0. The molecule has 2 heteroatoms. The van der Waals surface area contributed by atoms with Crippen molar-refractivity contribution in [1.82, 2.24) is 10.2 Å². The molecular weight excluding hydrogens is 196 g/mol. The minimum absolute atomic E-state index is 0.931. The quantitative estimate of drug-likeness (QED) is 0.789. The van der Waals surface area contributed by atoms with Gasteiger partial charge in [-0.15, -0.1) is 0 Å². The molecule has 0 aromatic heterocycles. The summed E-state index contributed by atoms with van der Waals surface area (Å²) < 4.78 is 0. The Hall–Kier alpha value is -0.0800. The van der Waals surface area contributed by atoms with Gasteiger partial charge >= 0.3 is 0 Å². The molecule has 2 unspecified atom stereocenters. The van der Waals surface area contributed by atoms with Gasteiger partial charge in [0, 0.05) is 6.04 Å². The van der Waals surface area contributed by atoms with E-state index in [9.17, 15) is 0 Å². The Morgan fingerprint density at radius 2 is 1.88 bits per heavy atom. The van der Waals surface area contributed by atoms with Crippen molar-refractivity contribution in [1.29, 1.82) is 0 Å². The Kier molecular flexibility index (Phi) is 4.66. The summed E-state index contributed by atoms with van der Waals surface area (Å²) in [5.74, 6) is 1.97. The highest BCUT2D eigenvalue weighted by Crippen LogP contribution is 2.31. The van der Waals surface area contributed by atoms with Gasteiger partial charge in [0.05, 0.1) is 0 Å². The van der Waals surface area contributed by atoms with Crippen LogP contribution >= 0.6 is 0 Å². The third-order valence-electron chi connectivity index (χ3n) is 4.64. The van der Waals surface area contributed by atoms with E-state index in [0.717, 1.165) is 17.9 Å². The lowest BCUT2D eigenvalue weighted by molar-refractivity contribution is 0.129. The van der Waals surface area contributed by atoms with Gasteiger partial charge in [0.1, 0.15) is 0 Å². The average molecular weight is 224 g/mol. The van der Waals surface area contributed by atoms with Crippen LogP contribution < -0.4 is 5.32 Å². The highest BCUT2D eigenvalue weighted by molar-refractivity contribution is 4.84. The molecule has 1 aliphatic heterocycles. The highest BCUT2D eigenvalue weighted by Gasteiger charge is 2.29. The monoisotopic (exact) mass is 224 g/mol. The SMILES string of the molecule is CNCCC1CCN(C2CCC(C)C2)CC1. The fourth-order valence-corrected chi connectivity index (χ4v) is 3.46. The summed E-state index contributed by atoms with van der Waals surface area (Å²) in [6.45, 7) is 6.35. The summed E-state index contributed by atoms with van der Waals surface area (Å²) in [5.41, 5.74) is 0. The van der Waals surface area contributed by atoms with E-state index in [1.807, 2.05) is 0 Å². The number of rotatable bonds is 4. The van der Waals surface area contributed by atoms with Crippen molar-refractivity contribution in [3.05, 3.63) is 0 Å². The molecule has 0 aromatic carbocycles. The fraction of sp³-hybridized carbons (Fsp3) is 1.00. The number of nitrogens with zero attached hydrogens (tertiary/aromatic N) is 1. The van der Waals surface area contributed by atoms with Gasteiger partial charge in [0.15, 0.2) is 0 Å². The fourth-order valence-electron chi connectivity index (χ4n) is 3.46. The van der Waals surface area contributed by atoms with Crippen LogP contribution in [0, 0.1) is 11.8 Å². The van der Waals surface area contributed by atoms with E-state index in [2.05, 4.69) is 24.2 Å². The second kappa shape index (κ2) is 6.02. The van der Waals surface area contributed by atoms with Crippen molar-refractivity contribution in [3.63, 3.8) is 0 Å². The first kappa shape index (κ1) is 12.4. The lowest BCUT2D eigenvalue weighted by Gasteiger charge is -2.36. The largest absolute Gasteiger partial charge is 0.320 e. The Balaban J connectivity index is 1.68. The number of likely N-dealkylation sites (tertiary alicyclic amines) is 1. The second-order valence-electron chi connectivity index (χ2n) is 5.94. The van der Waals surface area contributed by atoms with E-state index in [-0.39, 0.29) is 0 Å². The molecule has 0 amide bonds. The maximum atomic E-state index is 3.27. The lowest BCUT2D eigenvalue weighted by Crippen LogP contribution is -2.40. The van der Waals surface area contributed by atoms with Crippen LogP contribution in [-0.4, -0.2) is 37.6 Å². The molecular formula is C14H28N2. The molecule has 0 radical (unpaired) electrons. The zero-order chi connectivity index (χ0) is 11.4. The van der Waals surface area contributed by atoms with Crippen LogP contribution in [0.2, 0.25) is 0 Å². The first-order valence-electron chi connectivity index (χ1n) is 7.18. The van der Waals surface area contributed by atoms with Crippen LogP contribution in [-0.2, 0) is 0 Å². The summed E-state index contributed by atoms with van der Waals surface area (Å²) in [6, 6.07) is 0.931. The van der Waals surface area contributed by atoms with E-state index < -0.39 is 0 Å². The van der Waals surface area contributed by atoms with E-state index in [4.69, 9.17) is 0 Å². The van der Waals surface area contributed by atoms with Crippen molar-refractivity contribution >= 4 is 0 Å². The predicted molar refractivity (Wildman–Crippen MR) is 69.6 cm³/mol. The van der Waals surface area contributed by atoms with Gasteiger partial charge in [-0.2, -0.15) is 0 Å². The third kappa shape index (κ3) is 3.21. The summed E-state index contributed by atoms with van der Waals surface area (Å²) in [5, 5.41) is 3.27. The summed E-state index contributed by atoms with van der Waals surface area (Å²) in [7, 11) is 2.06. The smallest absolute Gasteiger partial charge is 0.00978 e. The number of hydrogen-bond acceptors (Lipinski definition) is 2. The van der Waals surface area contributed by atoms with Crippen LogP contribution in [0.25, 0.3) is 0 Å². The van der Waals surface area contributed by atoms with E-state index >= 15 is 0 Å². The van der Waals surface area contributed by atoms with Crippen LogP contribution in [0.5, 0.6) is 0 Å². The lowest BCUT2D eigenvalue weighted by atomic mass is 9.92. The van der Waals surface area contributed by atoms with Gasteiger partial charge in [-0.1, -0.05) is 6.92 Å². The van der Waals surface area contributed by atoms with E-state index in [0.29, 0.717) is 0 Å². The molecule has 0 bridgehead atoms. The number of nitrogens with one attached hydrogen (secondary N) is 1. The molecule has 1 heterocycles. The van der Waals surface area contributed by atoms with Gasteiger partial charge in [-0.25, -0.2) is 0 Å². The molecule has 0 spiro atoms. The molecule has 16 heavy (non-hydrogen) atoms. The minimum Gasteiger partial charge on any atom is -0.320 e. The van der Waals surface area contributed by atoms with Gasteiger partial charge in [0.2, 0.25) is 0 Å². The Morgan fingerprint density at radius 3 is 2.44 bits per heavy atom. The van der Waals surface area contributed by atoms with Crippen molar-refractivity contribution in [3.8, 4) is 0 Å². The van der Waals surface area contributed by atoms with Crippen molar-refractivity contribution in [2.75, 3.05) is 26.7 Å². The van der Waals surface area contributed by atoms with Crippen molar-refractivity contribution in [2.24, 2.45) is 11.8 Å². The third-order valence-corrected chi connectivity index (χ3v) is 4.64. The topological polar surface area (TPSA) is 15.3 Å². The molecule has 2 atom stereocenters. The molecule has 2 fully saturated rings. The Bertz CT molecular complexity index is 197. The van der Waals surface area contributed by atoms with Crippen molar-refractivity contribution in [2.45, 2.75) is 51.5 Å². The maximum Gasteiger partial charge on any atom is 0.00978 e. The number of hydrogen-bond donors (Lipinski definition) is 1. The molecule has 1 N–H and O–H groups in total. The first-order chi connectivity index (χ1) is 7.79. The van der Waals surface area contributed by atoms with Crippen LogP contribution in [0.3, 0.4) is 0 Å².